The van der Waals surface area contributed by atoms with Gasteiger partial charge in [-0.3, -0.25) is 10.1 Å². The number of rotatable bonds is 3. The maximum absolute atomic E-state index is 10.9. The zero-order valence-corrected chi connectivity index (χ0v) is 12.1. The largest absolute Gasteiger partial charge is 0.271 e. The average Bonchev–Trinajstić information content (AvgIpc) is 2.27. The molecule has 0 spiro atoms. The van der Waals surface area contributed by atoms with Crippen molar-refractivity contribution >= 4 is 27.7 Å². The summed E-state index contributed by atoms with van der Waals surface area (Å²) in [5.41, 5.74) is 2.35. The van der Waals surface area contributed by atoms with Crippen LogP contribution in [0.4, 0.5) is 5.69 Å². The molecular formula is C14H16BrNO2. The molecule has 0 heterocycles. The lowest BCUT2D eigenvalue weighted by atomic mass is 9.82. The van der Waals surface area contributed by atoms with Crippen LogP contribution in [0, 0.1) is 16.0 Å². The van der Waals surface area contributed by atoms with Gasteiger partial charge in [0.1, 0.15) is 0 Å². The van der Waals surface area contributed by atoms with Crippen molar-refractivity contribution in [3.8, 4) is 0 Å². The minimum Gasteiger partial charge on any atom is -0.258 e. The van der Waals surface area contributed by atoms with Crippen molar-refractivity contribution in [2.45, 2.75) is 32.6 Å². The Morgan fingerprint density at radius 2 is 2.22 bits per heavy atom. The average molecular weight is 310 g/mol. The summed E-state index contributed by atoms with van der Waals surface area (Å²) in [7, 11) is 0. The number of halogens is 1. The van der Waals surface area contributed by atoms with Gasteiger partial charge in [0.25, 0.3) is 5.69 Å². The predicted molar refractivity (Wildman–Crippen MR) is 76.6 cm³/mol. The number of hydrogen-bond acceptors (Lipinski definition) is 2. The smallest absolute Gasteiger partial charge is 0.258 e. The minimum absolute atomic E-state index is 0.149. The first-order valence-corrected chi connectivity index (χ1v) is 6.92. The van der Waals surface area contributed by atoms with E-state index in [1.807, 2.05) is 6.08 Å². The molecule has 1 aliphatic rings. The van der Waals surface area contributed by atoms with Crippen LogP contribution in [0.5, 0.6) is 0 Å². The highest BCUT2D eigenvalue weighted by Gasteiger charge is 2.23. The Hall–Kier alpha value is -1.16. The zero-order chi connectivity index (χ0) is 13.3. The summed E-state index contributed by atoms with van der Waals surface area (Å²) in [6.45, 7) is 4.41. The second kappa shape index (κ2) is 5.22. The van der Waals surface area contributed by atoms with Crippen LogP contribution in [-0.2, 0) is 0 Å². The van der Waals surface area contributed by atoms with Crippen molar-refractivity contribution in [3.63, 3.8) is 0 Å². The van der Waals surface area contributed by atoms with E-state index in [4.69, 9.17) is 0 Å². The summed E-state index contributed by atoms with van der Waals surface area (Å²) in [4.78, 5) is 10.5. The van der Waals surface area contributed by atoms with Gasteiger partial charge in [0.15, 0.2) is 0 Å². The Bertz CT molecular complexity index is 509. The van der Waals surface area contributed by atoms with Gasteiger partial charge >= 0.3 is 0 Å². The van der Waals surface area contributed by atoms with Crippen LogP contribution in [0.1, 0.15) is 43.7 Å². The highest BCUT2D eigenvalue weighted by Crippen LogP contribution is 2.40. The van der Waals surface area contributed by atoms with Crippen molar-refractivity contribution in [3.05, 3.63) is 43.9 Å². The molecule has 0 saturated carbocycles. The predicted octanol–water partition coefficient (Wildman–Crippen LogP) is 4.90. The van der Waals surface area contributed by atoms with E-state index in [2.05, 4.69) is 35.9 Å². The van der Waals surface area contributed by atoms with Crippen molar-refractivity contribution < 1.29 is 4.92 Å². The fourth-order valence-corrected chi connectivity index (χ4v) is 3.35. The van der Waals surface area contributed by atoms with Gasteiger partial charge in [0.05, 0.1) is 4.92 Å². The Morgan fingerprint density at radius 3 is 2.83 bits per heavy atom. The zero-order valence-electron chi connectivity index (χ0n) is 10.5. The van der Waals surface area contributed by atoms with Gasteiger partial charge in [0, 0.05) is 16.6 Å². The summed E-state index contributed by atoms with van der Waals surface area (Å²) in [5.74, 6) is 1.08. The number of non-ortho nitro benzene ring substituents is 1. The quantitative estimate of drug-likeness (QED) is 0.588. The number of nitrogens with zero attached hydrogens (tertiary/aromatic N) is 1. The molecule has 18 heavy (non-hydrogen) atoms. The molecular weight excluding hydrogens is 294 g/mol. The van der Waals surface area contributed by atoms with Crippen LogP contribution in [0.15, 0.2) is 22.7 Å². The molecule has 1 aromatic rings. The first-order chi connectivity index (χ1) is 8.49. The van der Waals surface area contributed by atoms with E-state index in [0.717, 1.165) is 22.9 Å². The molecule has 0 unspecified atom stereocenters. The summed E-state index contributed by atoms with van der Waals surface area (Å²) in [6, 6.07) is 3.29. The standard InChI is InChI=1S/C14H16BrNO2/c1-9(2)6-10-4-3-5-11-7-12(16(17)18)8-13(15)14(10)11/h3,5,7-10H,4,6H2,1-2H3/t10-/m0/s1. The molecule has 0 amide bonds. The number of allylic oxidation sites excluding steroid dienone is 1. The molecule has 4 heteroatoms. The van der Waals surface area contributed by atoms with Crippen LogP contribution in [-0.4, -0.2) is 4.92 Å². The Kier molecular flexibility index (Phi) is 3.85. The molecule has 96 valence electrons. The maximum atomic E-state index is 10.9. The first kappa shape index (κ1) is 13.3. The van der Waals surface area contributed by atoms with Crippen LogP contribution in [0.25, 0.3) is 6.08 Å². The van der Waals surface area contributed by atoms with Gasteiger partial charge in [-0.15, -0.1) is 0 Å². The highest BCUT2D eigenvalue weighted by molar-refractivity contribution is 9.10. The monoisotopic (exact) mass is 309 g/mol. The number of hydrogen-bond donors (Lipinski definition) is 0. The summed E-state index contributed by atoms with van der Waals surface area (Å²) < 4.78 is 0.863. The number of nitro groups is 1. The van der Waals surface area contributed by atoms with Crippen molar-refractivity contribution in [2.75, 3.05) is 0 Å². The lowest BCUT2D eigenvalue weighted by Gasteiger charge is -2.24. The van der Waals surface area contributed by atoms with Crippen LogP contribution < -0.4 is 0 Å². The second-order valence-electron chi connectivity index (χ2n) is 5.15. The number of nitro benzene ring substituents is 1. The van der Waals surface area contributed by atoms with Gasteiger partial charge in [-0.05, 0) is 35.8 Å². The Morgan fingerprint density at radius 1 is 1.50 bits per heavy atom. The van der Waals surface area contributed by atoms with E-state index in [9.17, 15) is 10.1 Å². The van der Waals surface area contributed by atoms with Crippen LogP contribution >= 0.6 is 15.9 Å². The second-order valence-corrected chi connectivity index (χ2v) is 6.01. The van der Waals surface area contributed by atoms with Gasteiger partial charge in [-0.2, -0.15) is 0 Å². The van der Waals surface area contributed by atoms with Gasteiger partial charge < -0.3 is 0 Å². The van der Waals surface area contributed by atoms with E-state index in [-0.39, 0.29) is 10.6 Å². The third kappa shape index (κ3) is 2.64. The minimum atomic E-state index is -0.342. The summed E-state index contributed by atoms with van der Waals surface area (Å²) in [5, 5.41) is 10.9. The summed E-state index contributed by atoms with van der Waals surface area (Å²) >= 11 is 3.49. The van der Waals surface area contributed by atoms with Crippen LogP contribution in [0.3, 0.4) is 0 Å². The molecule has 3 nitrogen and oxygen atoms in total. The molecule has 0 fully saturated rings. The fourth-order valence-electron chi connectivity index (χ4n) is 2.56. The normalized spacial score (nSPS) is 17.9. The Balaban J connectivity index is 2.46. The van der Waals surface area contributed by atoms with Crippen molar-refractivity contribution in [2.24, 2.45) is 5.92 Å². The first-order valence-electron chi connectivity index (χ1n) is 6.13. The van der Waals surface area contributed by atoms with E-state index in [1.165, 1.54) is 5.56 Å². The maximum Gasteiger partial charge on any atom is 0.271 e. The number of fused-ring (bicyclic) bond motifs is 1. The van der Waals surface area contributed by atoms with Gasteiger partial charge in [0.2, 0.25) is 0 Å². The topological polar surface area (TPSA) is 43.1 Å². The fraction of sp³-hybridized carbons (Fsp3) is 0.429. The van der Waals surface area contributed by atoms with Crippen molar-refractivity contribution in [1.29, 1.82) is 0 Å². The molecule has 1 atom stereocenters. The molecule has 0 aromatic heterocycles. The lowest BCUT2D eigenvalue weighted by molar-refractivity contribution is -0.385. The third-order valence-corrected chi connectivity index (χ3v) is 3.90. The summed E-state index contributed by atoms with van der Waals surface area (Å²) in [6.07, 6.45) is 6.23. The molecule has 0 saturated heterocycles. The molecule has 0 aliphatic heterocycles. The Labute approximate surface area is 115 Å². The van der Waals surface area contributed by atoms with E-state index >= 15 is 0 Å². The van der Waals surface area contributed by atoms with Gasteiger partial charge in [-0.25, -0.2) is 0 Å². The molecule has 0 N–H and O–H groups in total. The van der Waals surface area contributed by atoms with Crippen molar-refractivity contribution in [1.82, 2.24) is 0 Å². The van der Waals surface area contributed by atoms with Gasteiger partial charge in [-0.1, -0.05) is 41.9 Å². The molecule has 0 radical (unpaired) electrons. The third-order valence-electron chi connectivity index (χ3n) is 3.24. The van der Waals surface area contributed by atoms with Crippen LogP contribution in [0.2, 0.25) is 0 Å². The van der Waals surface area contributed by atoms with E-state index in [1.54, 1.807) is 12.1 Å². The number of benzene rings is 1. The van der Waals surface area contributed by atoms with E-state index < -0.39 is 0 Å². The molecule has 2 rings (SSSR count). The lowest BCUT2D eigenvalue weighted by Crippen LogP contribution is -2.08. The molecule has 1 aliphatic carbocycles. The molecule has 1 aromatic carbocycles. The highest BCUT2D eigenvalue weighted by atomic mass is 79.9. The SMILES string of the molecule is CC(C)C[C@@H]1CC=Cc2cc([N+](=O)[O-])cc(Br)c21. The molecule has 0 bridgehead atoms. The van der Waals surface area contributed by atoms with E-state index in [0.29, 0.717) is 11.8 Å².